The molecule has 0 aromatic heterocycles. The first-order valence-electron chi connectivity index (χ1n) is 5.92. The number of ketones is 1. The third-order valence-electron chi connectivity index (χ3n) is 2.82. The molecule has 0 aliphatic rings. The topological polar surface area (TPSA) is 26.3 Å². The van der Waals surface area contributed by atoms with Crippen molar-refractivity contribution in [3.63, 3.8) is 0 Å². The highest BCUT2D eigenvalue weighted by atomic mass is 19.4. The molecule has 0 saturated heterocycles. The van der Waals surface area contributed by atoms with E-state index in [9.17, 15) is 22.4 Å². The first kappa shape index (κ1) is 16.6. The van der Waals surface area contributed by atoms with Crippen molar-refractivity contribution in [2.24, 2.45) is 5.41 Å². The average Bonchev–Trinajstić information content (AvgIpc) is 2.25. The highest BCUT2D eigenvalue weighted by Gasteiger charge is 2.36. The van der Waals surface area contributed by atoms with Crippen molar-refractivity contribution in [1.82, 2.24) is 0 Å². The molecule has 0 amide bonds. The monoisotopic (exact) mass is 292 g/mol. The number of methoxy groups -OCH3 is 1. The van der Waals surface area contributed by atoms with Gasteiger partial charge in [-0.2, -0.15) is 13.2 Å². The van der Waals surface area contributed by atoms with Crippen LogP contribution in [-0.4, -0.2) is 19.0 Å². The van der Waals surface area contributed by atoms with Crippen LogP contribution in [0.4, 0.5) is 17.6 Å². The molecule has 0 aliphatic heterocycles. The van der Waals surface area contributed by atoms with Crippen LogP contribution in [0.5, 0.6) is 0 Å². The molecule has 0 heterocycles. The van der Waals surface area contributed by atoms with Gasteiger partial charge < -0.3 is 4.74 Å². The number of rotatable bonds is 3. The lowest BCUT2D eigenvalue weighted by Gasteiger charge is -2.28. The Balaban J connectivity index is 3.16. The van der Waals surface area contributed by atoms with Gasteiger partial charge in [-0.25, -0.2) is 4.39 Å². The maximum Gasteiger partial charge on any atom is 0.419 e. The Bertz CT molecular complexity index is 501. The molecule has 0 aliphatic carbocycles. The molecule has 1 atom stereocenters. The summed E-state index contributed by atoms with van der Waals surface area (Å²) in [5.41, 5.74) is -2.08. The van der Waals surface area contributed by atoms with Crippen LogP contribution in [0.2, 0.25) is 0 Å². The summed E-state index contributed by atoms with van der Waals surface area (Å²) >= 11 is 0. The summed E-state index contributed by atoms with van der Waals surface area (Å²) in [5, 5.41) is 0. The predicted molar refractivity (Wildman–Crippen MR) is 66.0 cm³/mol. The van der Waals surface area contributed by atoms with Crippen LogP contribution in [0.25, 0.3) is 0 Å². The van der Waals surface area contributed by atoms with Crippen molar-refractivity contribution in [3.05, 3.63) is 35.1 Å². The van der Waals surface area contributed by atoms with Gasteiger partial charge in [0.05, 0.1) is 5.56 Å². The molecule has 2 nitrogen and oxygen atoms in total. The van der Waals surface area contributed by atoms with Crippen molar-refractivity contribution in [2.75, 3.05) is 7.11 Å². The van der Waals surface area contributed by atoms with E-state index in [1.807, 2.05) is 0 Å². The van der Waals surface area contributed by atoms with Crippen molar-refractivity contribution in [2.45, 2.75) is 33.1 Å². The van der Waals surface area contributed by atoms with Crippen LogP contribution in [0, 0.1) is 11.2 Å². The fraction of sp³-hybridized carbons (Fsp3) is 0.500. The summed E-state index contributed by atoms with van der Waals surface area (Å²) in [5.74, 6) is -2.01. The summed E-state index contributed by atoms with van der Waals surface area (Å²) in [6.07, 6.45) is -5.64. The number of alkyl halides is 3. The molecule has 0 bridgehead atoms. The largest absolute Gasteiger partial charge is 0.419 e. The smallest absolute Gasteiger partial charge is 0.373 e. The fourth-order valence-corrected chi connectivity index (χ4v) is 1.90. The van der Waals surface area contributed by atoms with Crippen molar-refractivity contribution < 1.29 is 27.1 Å². The number of hydrogen-bond acceptors (Lipinski definition) is 2. The van der Waals surface area contributed by atoms with E-state index in [0.717, 1.165) is 6.07 Å². The number of hydrogen-bond donors (Lipinski definition) is 0. The van der Waals surface area contributed by atoms with Gasteiger partial charge in [-0.3, -0.25) is 4.79 Å². The summed E-state index contributed by atoms with van der Waals surface area (Å²) in [6.45, 7) is 5.25. The van der Waals surface area contributed by atoms with Crippen molar-refractivity contribution in [1.29, 1.82) is 0 Å². The third kappa shape index (κ3) is 3.56. The van der Waals surface area contributed by atoms with E-state index in [-0.39, 0.29) is 5.56 Å². The Morgan fingerprint density at radius 1 is 1.20 bits per heavy atom. The minimum Gasteiger partial charge on any atom is -0.373 e. The summed E-state index contributed by atoms with van der Waals surface area (Å²) in [4.78, 5) is 12.2. The summed E-state index contributed by atoms with van der Waals surface area (Å²) in [6, 6.07) is 2.13. The van der Waals surface area contributed by atoms with Crippen LogP contribution < -0.4 is 0 Å². The third-order valence-corrected chi connectivity index (χ3v) is 2.82. The van der Waals surface area contributed by atoms with Crippen LogP contribution >= 0.6 is 0 Å². The Kier molecular flexibility index (Phi) is 4.59. The normalized spacial score (nSPS) is 14.2. The van der Waals surface area contributed by atoms with Crippen LogP contribution in [0.1, 0.15) is 36.7 Å². The zero-order valence-electron chi connectivity index (χ0n) is 11.6. The zero-order chi connectivity index (χ0) is 15.7. The van der Waals surface area contributed by atoms with Crippen LogP contribution in [-0.2, 0) is 10.9 Å². The highest BCUT2D eigenvalue weighted by Crippen LogP contribution is 2.32. The molecule has 0 N–H and O–H groups in total. The van der Waals surface area contributed by atoms with Gasteiger partial charge in [0.1, 0.15) is 11.9 Å². The van der Waals surface area contributed by atoms with E-state index in [1.165, 1.54) is 7.11 Å². The number of ether oxygens (including phenoxy) is 1. The first-order valence-corrected chi connectivity index (χ1v) is 5.92. The summed E-state index contributed by atoms with van der Waals surface area (Å²) < 4.78 is 55.9. The van der Waals surface area contributed by atoms with Gasteiger partial charge in [-0.1, -0.05) is 26.8 Å². The molecule has 112 valence electrons. The maximum absolute atomic E-state index is 13.5. The lowest BCUT2D eigenvalue weighted by Crippen LogP contribution is -2.36. The Labute approximate surface area is 114 Å². The number of benzene rings is 1. The second-order valence-electron chi connectivity index (χ2n) is 5.54. The van der Waals surface area contributed by atoms with E-state index in [4.69, 9.17) is 4.74 Å². The van der Waals surface area contributed by atoms with Crippen molar-refractivity contribution in [3.8, 4) is 0 Å². The molecule has 6 heteroatoms. The molecule has 20 heavy (non-hydrogen) atoms. The van der Waals surface area contributed by atoms with Gasteiger partial charge >= 0.3 is 6.18 Å². The number of Topliss-reactive ketones (excluding diaryl/α,β-unsaturated/α-hetero) is 1. The quantitative estimate of drug-likeness (QED) is 0.619. The zero-order valence-corrected chi connectivity index (χ0v) is 11.6. The van der Waals surface area contributed by atoms with Gasteiger partial charge in [0.25, 0.3) is 0 Å². The molecule has 0 fully saturated rings. The molecule has 1 aromatic carbocycles. The molecule has 0 saturated carbocycles. The number of carbonyl (C=O) groups is 1. The maximum atomic E-state index is 13.5. The second kappa shape index (κ2) is 5.52. The molecule has 0 spiro atoms. The predicted octanol–water partition coefficient (Wildman–Crippen LogP) is 4.09. The SMILES string of the molecule is COC(C(=O)c1ccc(C(F)(F)F)c(F)c1)C(C)(C)C. The first-order chi connectivity index (χ1) is 8.98. The van der Waals surface area contributed by atoms with E-state index in [0.29, 0.717) is 12.1 Å². The molecular weight excluding hydrogens is 276 g/mol. The second-order valence-corrected chi connectivity index (χ2v) is 5.54. The Morgan fingerprint density at radius 3 is 2.10 bits per heavy atom. The number of halogens is 4. The Hall–Kier alpha value is -1.43. The van der Waals surface area contributed by atoms with Gasteiger partial charge in [0, 0.05) is 12.7 Å². The highest BCUT2D eigenvalue weighted by molar-refractivity contribution is 6.00. The van der Waals surface area contributed by atoms with Crippen LogP contribution in [0.15, 0.2) is 18.2 Å². The van der Waals surface area contributed by atoms with E-state index in [1.54, 1.807) is 20.8 Å². The Morgan fingerprint density at radius 2 is 1.75 bits per heavy atom. The molecule has 0 radical (unpaired) electrons. The standard InChI is InChI=1S/C14H16F4O2/c1-13(2,3)12(20-4)11(19)8-5-6-9(10(15)7-8)14(16,17)18/h5-7,12H,1-4H3. The van der Waals surface area contributed by atoms with E-state index < -0.39 is 34.9 Å². The molecule has 1 unspecified atom stereocenters. The van der Waals surface area contributed by atoms with Crippen LogP contribution in [0.3, 0.4) is 0 Å². The number of carbonyl (C=O) groups excluding carboxylic acids is 1. The molecule has 1 rings (SSSR count). The fourth-order valence-electron chi connectivity index (χ4n) is 1.90. The van der Waals surface area contributed by atoms with Gasteiger partial charge in [-0.05, 0) is 17.5 Å². The van der Waals surface area contributed by atoms with Gasteiger partial charge in [0.15, 0.2) is 5.78 Å². The van der Waals surface area contributed by atoms with E-state index in [2.05, 4.69) is 0 Å². The lowest BCUT2D eigenvalue weighted by molar-refractivity contribution is -0.140. The van der Waals surface area contributed by atoms with Gasteiger partial charge in [0.2, 0.25) is 0 Å². The van der Waals surface area contributed by atoms with Crippen molar-refractivity contribution >= 4 is 5.78 Å². The molecule has 1 aromatic rings. The minimum absolute atomic E-state index is 0.141. The minimum atomic E-state index is -4.78. The van der Waals surface area contributed by atoms with E-state index >= 15 is 0 Å². The average molecular weight is 292 g/mol. The summed E-state index contributed by atoms with van der Waals surface area (Å²) in [7, 11) is 1.33. The molecular formula is C14H16F4O2. The van der Waals surface area contributed by atoms with Gasteiger partial charge in [-0.15, -0.1) is 0 Å². The lowest BCUT2D eigenvalue weighted by atomic mass is 9.84.